The van der Waals surface area contributed by atoms with Gasteiger partial charge in [-0.25, -0.2) is 0 Å². The fourth-order valence-electron chi connectivity index (χ4n) is 16.0. The zero-order chi connectivity index (χ0) is 56.1. The summed E-state index contributed by atoms with van der Waals surface area (Å²) in [6.45, 7) is 20.2. The lowest BCUT2D eigenvalue weighted by Crippen LogP contribution is -2.68. The standard InChI is InChI=1S/C39H54O2Si.C34H42O3Si/c1-7-8-11-17-29(2)24-25-34-35-26-30-18-16-23-37(40-6)36(30)27-31(35)28-38(34)41-42(39(3,4)5,32-19-12-9-13-20-32)33-21-14-10-15-22-33;1-34(2,3)38(27-13-7-5-8-14-27,28-15-9-6-10-16-28)37-33-22-25-21-31-24(12-11-17-32(31)35-4)20-30(25)29(33)19-18-26-23-36-26/h9-10,12-16,18-23,29,31,34-35,38H,7-8,11,17,24-28H2,1-6H3;5-17,25-26,29-30,33H,18-23H2,1-4H3/t29-,31-,34+,35-,38+;25-,26+,29+,30-,33+/m00/s1. The Kier molecular flexibility index (Phi) is 18.5. The van der Waals surface area contributed by atoms with E-state index in [2.05, 4.69) is 213 Å². The molecule has 5 nitrogen and oxygen atoms in total. The number of unbranched alkanes of at least 4 members (excludes halogenated alkanes) is 2. The van der Waals surface area contributed by atoms with E-state index in [4.69, 9.17) is 23.1 Å². The van der Waals surface area contributed by atoms with Gasteiger partial charge in [-0.15, -0.1) is 0 Å². The van der Waals surface area contributed by atoms with Crippen molar-refractivity contribution in [2.75, 3.05) is 20.8 Å². The van der Waals surface area contributed by atoms with Crippen LogP contribution in [0.3, 0.4) is 0 Å². The molecule has 1 aliphatic heterocycles. The van der Waals surface area contributed by atoms with Crippen LogP contribution in [-0.2, 0) is 39.3 Å². The van der Waals surface area contributed by atoms with Crippen LogP contribution in [0.25, 0.3) is 0 Å². The fraction of sp³-hybridized carbons (Fsp3) is 0.507. The second-order valence-corrected chi connectivity index (χ2v) is 35.5. The number of hydrogen-bond acceptors (Lipinski definition) is 5. The van der Waals surface area contributed by atoms with Gasteiger partial charge in [0.05, 0.1) is 26.9 Å². The predicted octanol–water partition coefficient (Wildman–Crippen LogP) is 15.2. The van der Waals surface area contributed by atoms with Gasteiger partial charge >= 0.3 is 0 Å². The SMILES string of the molecule is CCCCC[C@H](C)CC[C@@H]1[C@H]2Cc3cccc(OC)c3C[C@H]2C[C@H]1O[Si](c1ccccc1)(c1ccccc1)C(C)(C)C.COc1cccc2c1C[C@H]1C[C@@H](O[Si](c3ccccc3)(c3ccccc3)C(C)(C)C)[C@H](CC[C@@H]3CO3)[C@H]1C2. The van der Waals surface area contributed by atoms with E-state index in [1.165, 1.54) is 87.9 Å². The molecule has 3 fully saturated rings. The molecule has 80 heavy (non-hydrogen) atoms. The summed E-state index contributed by atoms with van der Waals surface area (Å²) in [6, 6.07) is 58.1. The van der Waals surface area contributed by atoms with Gasteiger partial charge in [-0.1, -0.05) is 233 Å². The summed E-state index contributed by atoms with van der Waals surface area (Å²) in [5, 5.41) is 5.53. The largest absolute Gasteiger partial charge is 0.496 e. The maximum atomic E-state index is 7.93. The van der Waals surface area contributed by atoms with E-state index in [1.807, 2.05) is 14.2 Å². The van der Waals surface area contributed by atoms with Gasteiger partial charge in [0.25, 0.3) is 16.6 Å². The van der Waals surface area contributed by atoms with Crippen LogP contribution < -0.4 is 30.2 Å². The number of hydrogen-bond donors (Lipinski definition) is 0. The van der Waals surface area contributed by atoms with Crippen molar-refractivity contribution in [3.8, 4) is 11.5 Å². The molecule has 0 amide bonds. The number of benzene rings is 6. The molecular weight excluding hydrogens is 1010 g/mol. The van der Waals surface area contributed by atoms with E-state index < -0.39 is 16.6 Å². The average molecular weight is 1110 g/mol. The molecule has 2 saturated carbocycles. The summed E-state index contributed by atoms with van der Waals surface area (Å²) >= 11 is 0. The molecule has 6 aromatic carbocycles. The van der Waals surface area contributed by atoms with Gasteiger partial charge in [0.2, 0.25) is 0 Å². The van der Waals surface area contributed by atoms with Gasteiger partial charge < -0.3 is 23.1 Å². The number of methoxy groups -OCH3 is 2. The minimum atomic E-state index is -2.62. The molecule has 6 aromatic rings. The number of ether oxygens (including phenoxy) is 3. The Hall–Kier alpha value is -4.77. The van der Waals surface area contributed by atoms with Gasteiger partial charge in [0.15, 0.2) is 0 Å². The van der Waals surface area contributed by atoms with Crippen LogP contribution >= 0.6 is 0 Å². The van der Waals surface area contributed by atoms with Crippen LogP contribution in [0, 0.1) is 41.4 Å². The van der Waals surface area contributed by atoms with Crippen molar-refractivity contribution in [2.24, 2.45) is 41.4 Å². The van der Waals surface area contributed by atoms with Gasteiger partial charge in [-0.2, -0.15) is 0 Å². The second-order valence-electron chi connectivity index (χ2n) is 27.0. The second kappa shape index (κ2) is 25.4. The first kappa shape index (κ1) is 58.4. The number of rotatable bonds is 20. The van der Waals surface area contributed by atoms with Crippen LogP contribution in [0.15, 0.2) is 158 Å². The number of epoxide rings is 1. The van der Waals surface area contributed by atoms with Crippen LogP contribution in [0.4, 0.5) is 0 Å². The van der Waals surface area contributed by atoms with E-state index >= 15 is 0 Å². The maximum absolute atomic E-state index is 7.93. The van der Waals surface area contributed by atoms with Crippen molar-refractivity contribution < 1.29 is 23.1 Å². The lowest BCUT2D eigenvalue weighted by atomic mass is 9.73. The minimum absolute atomic E-state index is 0.00630. The molecule has 0 N–H and O–H groups in total. The van der Waals surface area contributed by atoms with Crippen molar-refractivity contribution in [3.05, 3.63) is 180 Å². The topological polar surface area (TPSA) is 49.5 Å². The molecule has 7 heteroatoms. The molecule has 0 aromatic heterocycles. The van der Waals surface area contributed by atoms with E-state index in [1.54, 1.807) is 0 Å². The molecule has 426 valence electrons. The number of fused-ring (bicyclic) bond motifs is 4. The Bertz CT molecular complexity index is 2810. The van der Waals surface area contributed by atoms with Crippen molar-refractivity contribution in [1.82, 2.24) is 0 Å². The van der Waals surface area contributed by atoms with Gasteiger partial charge in [0, 0.05) is 12.2 Å². The Morgan fingerprint density at radius 1 is 0.487 bits per heavy atom. The van der Waals surface area contributed by atoms with Gasteiger partial charge in [0.1, 0.15) is 11.5 Å². The summed E-state index contributed by atoms with van der Waals surface area (Å²) in [5.74, 6) is 6.65. The summed E-state index contributed by atoms with van der Waals surface area (Å²) in [7, 11) is -1.60. The fourth-order valence-corrected chi connectivity index (χ4v) is 25.5. The van der Waals surface area contributed by atoms with Crippen LogP contribution in [-0.4, -0.2) is 55.8 Å². The molecule has 5 aliphatic rings. The zero-order valence-electron chi connectivity index (χ0n) is 50.4. The summed E-state index contributed by atoms with van der Waals surface area (Å²) in [5.41, 5.74) is 5.85. The summed E-state index contributed by atoms with van der Waals surface area (Å²) in [4.78, 5) is 0. The van der Waals surface area contributed by atoms with E-state index in [0.717, 1.165) is 69.0 Å². The highest BCUT2D eigenvalue weighted by atomic mass is 28.4. The third-order valence-electron chi connectivity index (χ3n) is 20.1. The molecule has 4 aliphatic carbocycles. The molecular formula is C73H96O5Si2. The normalized spacial score (nSPS) is 24.6. The van der Waals surface area contributed by atoms with Crippen LogP contribution in [0.1, 0.15) is 142 Å². The minimum Gasteiger partial charge on any atom is -0.496 e. The maximum Gasteiger partial charge on any atom is 0.261 e. The van der Waals surface area contributed by atoms with Crippen molar-refractivity contribution >= 4 is 37.4 Å². The molecule has 10 atom stereocenters. The first-order chi connectivity index (χ1) is 38.7. The zero-order valence-corrected chi connectivity index (χ0v) is 52.4. The van der Waals surface area contributed by atoms with Crippen LogP contribution in [0.2, 0.25) is 10.1 Å². The van der Waals surface area contributed by atoms with E-state index in [0.29, 0.717) is 41.6 Å². The summed E-state index contributed by atoms with van der Waals surface area (Å²) in [6.07, 6.45) is 18.1. The smallest absolute Gasteiger partial charge is 0.261 e. The third-order valence-corrected chi connectivity index (χ3v) is 30.2. The Labute approximate surface area is 485 Å². The van der Waals surface area contributed by atoms with Gasteiger partial charge in [-0.3, -0.25) is 0 Å². The monoisotopic (exact) mass is 1110 g/mol. The first-order valence-electron chi connectivity index (χ1n) is 31.2. The molecule has 0 unspecified atom stereocenters. The Morgan fingerprint density at radius 2 is 0.887 bits per heavy atom. The molecule has 1 saturated heterocycles. The Balaban J connectivity index is 0.000000181. The first-order valence-corrected chi connectivity index (χ1v) is 35.0. The third kappa shape index (κ3) is 12.2. The quantitative estimate of drug-likeness (QED) is 0.0433. The van der Waals surface area contributed by atoms with Crippen molar-refractivity contribution in [3.63, 3.8) is 0 Å². The van der Waals surface area contributed by atoms with Gasteiger partial charge in [-0.05, 0) is 164 Å². The highest BCUT2D eigenvalue weighted by molar-refractivity contribution is 7.00. The molecule has 11 rings (SSSR count). The predicted molar refractivity (Wildman–Crippen MR) is 337 cm³/mol. The van der Waals surface area contributed by atoms with E-state index in [9.17, 15) is 0 Å². The van der Waals surface area contributed by atoms with Crippen LogP contribution in [0.5, 0.6) is 11.5 Å². The van der Waals surface area contributed by atoms with Crippen molar-refractivity contribution in [1.29, 1.82) is 0 Å². The molecule has 0 radical (unpaired) electrons. The highest BCUT2D eigenvalue weighted by Crippen LogP contribution is 2.54. The van der Waals surface area contributed by atoms with Crippen molar-refractivity contribution in [2.45, 2.75) is 174 Å². The average Bonchev–Trinajstić information content (AvgIpc) is 3.64. The van der Waals surface area contributed by atoms with E-state index in [-0.39, 0.29) is 22.3 Å². The highest BCUT2D eigenvalue weighted by Gasteiger charge is 2.57. The lowest BCUT2D eigenvalue weighted by Gasteiger charge is -2.46. The molecule has 0 bridgehead atoms. The Morgan fingerprint density at radius 3 is 1.25 bits per heavy atom. The summed E-state index contributed by atoms with van der Waals surface area (Å²) < 4.78 is 33.1. The molecule has 1 heterocycles. The lowest BCUT2D eigenvalue weighted by molar-refractivity contribution is 0.119. The molecule has 0 spiro atoms.